The molecule has 0 N–H and O–H groups in total. The van der Waals surface area contributed by atoms with Crippen LogP contribution in [0.15, 0.2) is 42.5 Å². The highest BCUT2D eigenvalue weighted by Crippen LogP contribution is 2.46. The summed E-state index contributed by atoms with van der Waals surface area (Å²) in [5, 5.41) is -0.992. The Balaban J connectivity index is 2.15. The van der Waals surface area contributed by atoms with Gasteiger partial charge in [-0.2, -0.15) is 13.2 Å². The van der Waals surface area contributed by atoms with Gasteiger partial charge in [-0.1, -0.05) is 18.2 Å². The van der Waals surface area contributed by atoms with E-state index in [1.807, 2.05) is 0 Å². The highest BCUT2D eigenvalue weighted by atomic mass is 32.2. The van der Waals surface area contributed by atoms with Gasteiger partial charge in [0.05, 0.1) is 36.7 Å². The van der Waals surface area contributed by atoms with Crippen molar-refractivity contribution in [1.29, 1.82) is 0 Å². The van der Waals surface area contributed by atoms with E-state index in [1.165, 1.54) is 36.4 Å². The SMILES string of the molecule is COC(=O)c1cc(C(=O)OC)cc(N2C(=O)CSC2c2ccccc2C(F)(F)F)c1. The van der Waals surface area contributed by atoms with Crippen LogP contribution in [0, 0.1) is 0 Å². The highest BCUT2D eigenvalue weighted by molar-refractivity contribution is 8.00. The lowest BCUT2D eigenvalue weighted by Crippen LogP contribution is -2.29. The molecular weight excluding hydrogens is 423 g/mol. The molecule has 158 valence electrons. The van der Waals surface area contributed by atoms with Crippen LogP contribution in [0.3, 0.4) is 0 Å². The molecule has 0 saturated carbocycles. The number of thioether (sulfide) groups is 1. The van der Waals surface area contributed by atoms with Gasteiger partial charge in [0, 0.05) is 5.69 Å². The molecule has 0 aliphatic carbocycles. The number of anilines is 1. The molecule has 1 fully saturated rings. The third kappa shape index (κ3) is 4.13. The van der Waals surface area contributed by atoms with Gasteiger partial charge in [-0.15, -0.1) is 11.8 Å². The van der Waals surface area contributed by atoms with Crippen LogP contribution in [0.1, 0.15) is 37.2 Å². The van der Waals surface area contributed by atoms with Gasteiger partial charge in [0.1, 0.15) is 5.37 Å². The van der Waals surface area contributed by atoms with E-state index in [0.29, 0.717) is 0 Å². The normalized spacial score (nSPS) is 16.5. The van der Waals surface area contributed by atoms with E-state index in [2.05, 4.69) is 9.47 Å². The Bertz CT molecular complexity index is 974. The average Bonchev–Trinajstić information content (AvgIpc) is 3.12. The zero-order chi connectivity index (χ0) is 22.1. The molecule has 30 heavy (non-hydrogen) atoms. The number of benzene rings is 2. The minimum absolute atomic E-state index is 0.0389. The predicted molar refractivity (Wildman–Crippen MR) is 103 cm³/mol. The Kier molecular flexibility index (Phi) is 6.06. The van der Waals surface area contributed by atoms with Crippen molar-refractivity contribution in [2.24, 2.45) is 0 Å². The first-order chi connectivity index (χ1) is 14.2. The molecule has 1 amide bonds. The van der Waals surface area contributed by atoms with Crippen molar-refractivity contribution in [3.05, 3.63) is 64.7 Å². The zero-order valence-corrected chi connectivity index (χ0v) is 16.7. The average molecular weight is 439 g/mol. The molecule has 6 nitrogen and oxygen atoms in total. The van der Waals surface area contributed by atoms with E-state index in [4.69, 9.17) is 0 Å². The molecule has 1 aliphatic heterocycles. The number of ether oxygens (including phenoxy) is 2. The van der Waals surface area contributed by atoms with Gasteiger partial charge >= 0.3 is 18.1 Å². The summed E-state index contributed by atoms with van der Waals surface area (Å²) in [4.78, 5) is 37.8. The summed E-state index contributed by atoms with van der Waals surface area (Å²) in [6.45, 7) is 0. The lowest BCUT2D eigenvalue weighted by molar-refractivity contribution is -0.138. The van der Waals surface area contributed by atoms with Crippen LogP contribution < -0.4 is 4.90 Å². The number of methoxy groups -OCH3 is 2. The molecule has 2 aromatic carbocycles. The number of hydrogen-bond donors (Lipinski definition) is 0. The molecule has 1 saturated heterocycles. The first-order valence-electron chi connectivity index (χ1n) is 8.59. The maximum absolute atomic E-state index is 13.5. The summed E-state index contributed by atoms with van der Waals surface area (Å²) in [5.41, 5.74) is -0.940. The highest BCUT2D eigenvalue weighted by Gasteiger charge is 2.41. The van der Waals surface area contributed by atoms with Crippen LogP contribution in [0.4, 0.5) is 18.9 Å². The third-order valence-corrected chi connectivity index (χ3v) is 5.63. The molecule has 3 rings (SSSR count). The molecule has 0 aromatic heterocycles. The van der Waals surface area contributed by atoms with Crippen LogP contribution in [-0.4, -0.2) is 37.8 Å². The van der Waals surface area contributed by atoms with E-state index in [0.717, 1.165) is 36.9 Å². The summed E-state index contributed by atoms with van der Waals surface area (Å²) in [6, 6.07) is 8.80. The standard InChI is InChI=1S/C20H16F3NO5S/c1-28-18(26)11-7-12(19(27)29-2)9-13(8-11)24-16(25)10-30-17(24)14-5-3-4-6-15(14)20(21,22)23/h3-9,17H,10H2,1-2H3. The molecular formula is C20H16F3NO5S. The lowest BCUT2D eigenvalue weighted by Gasteiger charge is -2.27. The first-order valence-corrected chi connectivity index (χ1v) is 9.63. The number of carbonyl (C=O) groups is 3. The molecule has 0 bridgehead atoms. The summed E-state index contributed by atoms with van der Waals surface area (Å²) >= 11 is 1.02. The van der Waals surface area contributed by atoms with Gasteiger partial charge < -0.3 is 9.47 Å². The van der Waals surface area contributed by atoms with E-state index < -0.39 is 35.0 Å². The lowest BCUT2D eigenvalue weighted by atomic mass is 10.0. The third-order valence-electron chi connectivity index (χ3n) is 4.44. The van der Waals surface area contributed by atoms with Gasteiger partial charge in [0.25, 0.3) is 0 Å². The van der Waals surface area contributed by atoms with Crippen molar-refractivity contribution in [3.63, 3.8) is 0 Å². The summed E-state index contributed by atoms with van der Waals surface area (Å²) in [5.74, 6) is -2.06. The largest absolute Gasteiger partial charge is 0.465 e. The Hall–Kier alpha value is -3.01. The van der Waals surface area contributed by atoms with Crippen molar-refractivity contribution in [3.8, 4) is 0 Å². The number of esters is 2. The number of amides is 1. The van der Waals surface area contributed by atoms with E-state index >= 15 is 0 Å². The van der Waals surface area contributed by atoms with Crippen LogP contribution in [0.2, 0.25) is 0 Å². The molecule has 1 atom stereocenters. The van der Waals surface area contributed by atoms with Crippen LogP contribution in [-0.2, 0) is 20.4 Å². The molecule has 2 aromatic rings. The van der Waals surface area contributed by atoms with Crippen LogP contribution in [0.25, 0.3) is 0 Å². The topological polar surface area (TPSA) is 72.9 Å². The van der Waals surface area contributed by atoms with Gasteiger partial charge in [0.2, 0.25) is 5.91 Å². The van der Waals surface area contributed by atoms with Gasteiger partial charge in [-0.05, 0) is 29.8 Å². The van der Waals surface area contributed by atoms with Gasteiger partial charge in [-0.25, -0.2) is 9.59 Å². The Labute approximate surface area is 173 Å². The molecule has 1 aliphatic rings. The van der Waals surface area contributed by atoms with Gasteiger partial charge in [-0.3, -0.25) is 9.69 Å². The summed E-state index contributed by atoms with van der Waals surface area (Å²) < 4.78 is 49.9. The molecule has 1 heterocycles. The molecule has 10 heteroatoms. The van der Waals surface area contributed by atoms with E-state index in [-0.39, 0.29) is 28.1 Å². The van der Waals surface area contributed by atoms with E-state index in [9.17, 15) is 27.6 Å². The summed E-state index contributed by atoms with van der Waals surface area (Å²) in [6.07, 6.45) is -4.61. The number of nitrogens with zero attached hydrogens (tertiary/aromatic N) is 1. The van der Waals surface area contributed by atoms with Crippen molar-refractivity contribution >= 4 is 35.3 Å². The number of alkyl halides is 3. The maximum Gasteiger partial charge on any atom is 0.416 e. The Morgan fingerprint density at radius 2 is 1.60 bits per heavy atom. The number of carbonyl (C=O) groups excluding carboxylic acids is 3. The monoisotopic (exact) mass is 439 g/mol. The second-order valence-electron chi connectivity index (χ2n) is 6.26. The smallest absolute Gasteiger partial charge is 0.416 e. The summed E-state index contributed by atoms with van der Waals surface area (Å²) in [7, 11) is 2.29. The fraction of sp³-hybridized carbons (Fsp3) is 0.250. The molecule has 0 radical (unpaired) electrons. The fourth-order valence-electron chi connectivity index (χ4n) is 3.13. The van der Waals surface area contributed by atoms with Crippen molar-refractivity contribution in [1.82, 2.24) is 0 Å². The van der Waals surface area contributed by atoms with Crippen LogP contribution >= 0.6 is 11.8 Å². The predicted octanol–water partition coefficient (Wildman–Crippen LogP) is 4.06. The second-order valence-corrected chi connectivity index (χ2v) is 7.33. The van der Waals surface area contributed by atoms with Crippen molar-refractivity contribution < 1.29 is 37.0 Å². The second kappa shape index (κ2) is 8.39. The molecule has 0 spiro atoms. The number of rotatable bonds is 4. The maximum atomic E-state index is 13.5. The zero-order valence-electron chi connectivity index (χ0n) is 15.9. The van der Waals surface area contributed by atoms with Crippen molar-refractivity contribution in [2.45, 2.75) is 11.6 Å². The minimum Gasteiger partial charge on any atom is -0.465 e. The Morgan fingerprint density at radius 1 is 1.03 bits per heavy atom. The quantitative estimate of drug-likeness (QED) is 0.669. The fourth-order valence-corrected chi connectivity index (χ4v) is 4.34. The Morgan fingerprint density at radius 3 is 2.13 bits per heavy atom. The minimum atomic E-state index is -4.61. The molecule has 1 unspecified atom stereocenters. The van der Waals surface area contributed by atoms with Crippen molar-refractivity contribution in [2.75, 3.05) is 24.9 Å². The number of hydrogen-bond acceptors (Lipinski definition) is 6. The van der Waals surface area contributed by atoms with E-state index in [1.54, 1.807) is 0 Å². The van der Waals surface area contributed by atoms with Gasteiger partial charge in [0.15, 0.2) is 0 Å². The van der Waals surface area contributed by atoms with Crippen LogP contribution in [0.5, 0.6) is 0 Å². The number of halogens is 3. The first kappa shape index (κ1) is 21.7.